The van der Waals surface area contributed by atoms with Crippen LogP contribution >= 0.6 is 0 Å². The molecule has 0 unspecified atom stereocenters. The van der Waals surface area contributed by atoms with Crippen LogP contribution in [0.4, 0.5) is 0 Å². The molecule has 15 valence electrons. The van der Waals surface area contributed by atoms with Crippen molar-refractivity contribution >= 4 is 18.9 Å². The molecule has 0 aliphatic carbocycles. The van der Waals surface area contributed by atoms with Crippen LogP contribution in [0.3, 0.4) is 0 Å². The molecule has 0 aliphatic heterocycles. The largest absolute Gasteiger partial charge is 0 e. The van der Waals surface area contributed by atoms with Crippen LogP contribution in [-0.2, 0) is 27.9 Å². The molecule has 4 heteroatoms. The Hall–Kier alpha value is 2.49. The molecular weight excluding hydrogens is 255 g/mol. The Bertz CT molecular complexity index is 8.00. The quantitative estimate of drug-likeness (QED) is 0.522. The SMILES string of the molecule is [La].[Li].[Nb].[O]. The second kappa shape index (κ2) is 17.8. The molecule has 0 bridgehead atoms. The van der Waals surface area contributed by atoms with Gasteiger partial charge in [0.15, 0.2) is 0 Å². The standard InChI is InChI=1S/La.Li.Nb.O. The van der Waals surface area contributed by atoms with Gasteiger partial charge in [0.2, 0.25) is 0 Å². The number of hydrogen-bond acceptors (Lipinski definition) is 0. The summed E-state index contributed by atoms with van der Waals surface area (Å²) in [6.07, 6.45) is 0. The van der Waals surface area contributed by atoms with Crippen molar-refractivity contribution in [1.82, 2.24) is 0 Å². The summed E-state index contributed by atoms with van der Waals surface area (Å²) in [7, 11) is 0. The van der Waals surface area contributed by atoms with Crippen molar-refractivity contribution < 1.29 is 63.5 Å². The second-order valence-electron chi connectivity index (χ2n) is 0. The van der Waals surface area contributed by atoms with Crippen LogP contribution < -0.4 is 0 Å². The fraction of sp³-hybridized carbons (Fsp3) is 0. The van der Waals surface area contributed by atoms with E-state index in [2.05, 4.69) is 0 Å². The summed E-state index contributed by atoms with van der Waals surface area (Å²) in [5.41, 5.74) is 0. The molecule has 4 heavy (non-hydrogen) atoms. The Morgan fingerprint density at radius 3 is 1.00 bits per heavy atom. The summed E-state index contributed by atoms with van der Waals surface area (Å²) in [6.45, 7) is 0. The van der Waals surface area contributed by atoms with Gasteiger partial charge in [-0.1, -0.05) is 0 Å². The maximum absolute atomic E-state index is 0. The molecule has 0 fully saturated rings. The Morgan fingerprint density at radius 2 is 1.00 bits per heavy atom. The van der Waals surface area contributed by atoms with E-state index >= 15 is 0 Å². The van der Waals surface area contributed by atoms with Gasteiger partial charge in [0, 0.05) is 82.3 Å². The average Bonchev–Trinajstić information content (AvgIpc) is 0. The molecule has 0 rings (SSSR count). The maximum Gasteiger partial charge on any atom is 0 e. The zero-order valence-electron chi connectivity index (χ0n) is 2.43. The van der Waals surface area contributed by atoms with Crippen LogP contribution in [0.25, 0.3) is 0 Å². The Kier molecular flexibility index (Phi) is 141. The van der Waals surface area contributed by atoms with E-state index in [4.69, 9.17) is 0 Å². The minimum atomic E-state index is 0. The van der Waals surface area contributed by atoms with E-state index in [0.29, 0.717) is 0 Å². The Morgan fingerprint density at radius 1 is 1.00 bits per heavy atom. The van der Waals surface area contributed by atoms with E-state index in [0.717, 1.165) is 0 Å². The summed E-state index contributed by atoms with van der Waals surface area (Å²) in [5.74, 6) is 0. The van der Waals surface area contributed by atoms with Crippen LogP contribution in [-0.4, -0.2) is 18.9 Å². The van der Waals surface area contributed by atoms with E-state index < -0.39 is 0 Å². The van der Waals surface area contributed by atoms with Gasteiger partial charge in [-0.05, 0) is 0 Å². The molecule has 0 aromatic heterocycles. The van der Waals surface area contributed by atoms with Gasteiger partial charge in [-0.25, -0.2) is 0 Å². The van der Waals surface area contributed by atoms with Gasteiger partial charge in [0.25, 0.3) is 0 Å². The third-order valence-corrected chi connectivity index (χ3v) is 0. The first-order valence-corrected chi connectivity index (χ1v) is 0. The van der Waals surface area contributed by atoms with Crippen molar-refractivity contribution in [2.45, 2.75) is 0 Å². The van der Waals surface area contributed by atoms with E-state index in [9.17, 15) is 0 Å². The van der Waals surface area contributed by atoms with Crippen molar-refractivity contribution in [1.29, 1.82) is 0 Å². The topological polar surface area (TPSA) is 28.5 Å². The first kappa shape index (κ1) is 31.5. The van der Waals surface area contributed by atoms with Gasteiger partial charge in [-0.2, -0.15) is 0 Å². The van der Waals surface area contributed by atoms with E-state index in [-0.39, 0.29) is 82.3 Å². The van der Waals surface area contributed by atoms with Crippen molar-refractivity contribution in [3.63, 3.8) is 0 Å². The van der Waals surface area contributed by atoms with E-state index in [1.165, 1.54) is 0 Å². The molecule has 0 aromatic rings. The van der Waals surface area contributed by atoms with Gasteiger partial charge < -0.3 is 0 Å². The fourth-order valence-electron chi connectivity index (χ4n) is 0. The molecule has 5 radical (unpaired) electrons. The monoisotopic (exact) mass is 255 g/mol. The maximum atomic E-state index is 0. The summed E-state index contributed by atoms with van der Waals surface area (Å²) in [5, 5.41) is 0. The Labute approximate surface area is 80.9 Å². The predicted octanol–water partition coefficient (Wildman–Crippen LogP) is -0.502. The third kappa shape index (κ3) is 8.82. The van der Waals surface area contributed by atoms with Gasteiger partial charge in [0.05, 0.1) is 0 Å². The minimum Gasteiger partial charge on any atom is 0 e. The zero-order valence-corrected chi connectivity index (χ0v) is 8.26. The van der Waals surface area contributed by atoms with Crippen LogP contribution in [0.2, 0.25) is 0 Å². The first-order valence-electron chi connectivity index (χ1n) is 0. The normalized spacial score (nSPS) is 0. The molecule has 0 amide bonds. The molecule has 0 saturated heterocycles. The Balaban J connectivity index is 0. The average molecular weight is 255 g/mol. The third-order valence-electron chi connectivity index (χ3n) is 0. The number of rotatable bonds is 0. The zero-order chi connectivity index (χ0) is 0. The summed E-state index contributed by atoms with van der Waals surface area (Å²) >= 11 is 0. The van der Waals surface area contributed by atoms with Gasteiger partial charge in [-0.3, -0.25) is 0 Å². The summed E-state index contributed by atoms with van der Waals surface area (Å²) in [6, 6.07) is 0. The minimum absolute atomic E-state index is 0. The van der Waals surface area contributed by atoms with Crippen molar-refractivity contribution in [2.24, 2.45) is 0 Å². The molecule has 0 atom stereocenters. The molecule has 0 aliphatic rings. The van der Waals surface area contributed by atoms with Gasteiger partial charge in [0.1, 0.15) is 0 Å². The molecule has 0 N–H and O–H groups in total. The summed E-state index contributed by atoms with van der Waals surface area (Å²) < 4.78 is 0. The van der Waals surface area contributed by atoms with Crippen LogP contribution in [0, 0.1) is 35.6 Å². The second-order valence-corrected chi connectivity index (χ2v) is 0. The van der Waals surface area contributed by atoms with Crippen LogP contribution in [0.15, 0.2) is 0 Å². The van der Waals surface area contributed by atoms with E-state index in [1.807, 2.05) is 0 Å². The van der Waals surface area contributed by atoms with Crippen molar-refractivity contribution in [2.75, 3.05) is 0 Å². The molecule has 0 spiro atoms. The summed E-state index contributed by atoms with van der Waals surface area (Å²) in [4.78, 5) is 0. The van der Waals surface area contributed by atoms with E-state index in [1.54, 1.807) is 0 Å². The van der Waals surface area contributed by atoms with Crippen molar-refractivity contribution in [3.05, 3.63) is 0 Å². The molecule has 1 nitrogen and oxygen atoms in total. The van der Waals surface area contributed by atoms with Gasteiger partial charge in [-0.15, -0.1) is 0 Å². The number of hydrogen-bond donors (Lipinski definition) is 0. The molecule has 0 heterocycles. The predicted molar refractivity (Wildman–Crippen MR) is 6.44 cm³/mol. The molecular formula is LaLiNbO. The fourth-order valence-corrected chi connectivity index (χ4v) is 0. The molecule has 0 aromatic carbocycles. The van der Waals surface area contributed by atoms with Crippen molar-refractivity contribution in [3.8, 4) is 0 Å². The molecule has 0 saturated carbocycles. The smallest absolute Gasteiger partial charge is 0 e. The van der Waals surface area contributed by atoms with Gasteiger partial charge >= 0.3 is 0 Å². The van der Waals surface area contributed by atoms with Crippen LogP contribution in [0.5, 0.6) is 0 Å². The van der Waals surface area contributed by atoms with Crippen LogP contribution in [0.1, 0.15) is 0 Å². The first-order chi connectivity index (χ1) is 0.